The molecule has 1 heterocycles. The summed E-state index contributed by atoms with van der Waals surface area (Å²) >= 11 is 0. The molecule has 0 unspecified atom stereocenters. The quantitative estimate of drug-likeness (QED) is 0.717. The van der Waals surface area contributed by atoms with E-state index in [2.05, 4.69) is 16.9 Å². The van der Waals surface area contributed by atoms with Gasteiger partial charge in [0.05, 0.1) is 6.61 Å². The average Bonchev–Trinajstić information content (AvgIpc) is 2.24. The molecule has 0 saturated heterocycles. The summed E-state index contributed by atoms with van der Waals surface area (Å²) in [6.07, 6.45) is 2.76. The van der Waals surface area contributed by atoms with Crippen molar-refractivity contribution in [2.45, 2.75) is 33.1 Å². The van der Waals surface area contributed by atoms with Gasteiger partial charge in [-0.2, -0.15) is 4.98 Å². The first kappa shape index (κ1) is 11.6. The molecule has 1 rings (SSSR count). The number of unbranched alkanes of at least 4 members (excludes halogenated alkanes) is 1. The van der Waals surface area contributed by atoms with Gasteiger partial charge in [0, 0.05) is 6.42 Å². The van der Waals surface area contributed by atoms with Crippen LogP contribution >= 0.6 is 0 Å². The monoisotopic (exact) mass is 210 g/mol. The second-order valence-electron chi connectivity index (χ2n) is 3.30. The highest BCUT2D eigenvalue weighted by atomic mass is 16.5. The third kappa shape index (κ3) is 2.97. The number of hydrogen-bond acceptors (Lipinski definition) is 5. The van der Waals surface area contributed by atoms with Gasteiger partial charge in [-0.05, 0) is 6.42 Å². The van der Waals surface area contributed by atoms with Crippen molar-refractivity contribution in [3.8, 4) is 5.88 Å². The lowest BCUT2D eigenvalue weighted by Gasteiger charge is -2.09. The summed E-state index contributed by atoms with van der Waals surface area (Å²) in [5, 5.41) is 0. The fourth-order valence-electron chi connectivity index (χ4n) is 1.09. The lowest BCUT2D eigenvalue weighted by Crippen LogP contribution is -2.09. The lowest BCUT2D eigenvalue weighted by molar-refractivity contribution is 0.298. The lowest BCUT2D eigenvalue weighted by atomic mass is 10.3. The Morgan fingerprint density at radius 3 is 2.53 bits per heavy atom. The van der Waals surface area contributed by atoms with E-state index in [4.69, 9.17) is 16.2 Å². The molecule has 0 saturated carbocycles. The van der Waals surface area contributed by atoms with Gasteiger partial charge in [-0.15, -0.1) is 0 Å². The predicted molar refractivity (Wildman–Crippen MR) is 60.6 cm³/mol. The first-order valence-electron chi connectivity index (χ1n) is 5.23. The molecule has 0 radical (unpaired) electrons. The van der Waals surface area contributed by atoms with Crippen LogP contribution in [0.4, 0.5) is 11.5 Å². The fraction of sp³-hybridized carbons (Fsp3) is 0.600. The Balaban J connectivity index is 2.80. The van der Waals surface area contributed by atoms with Crippen LogP contribution in [0.15, 0.2) is 0 Å². The minimum absolute atomic E-state index is 0.299. The highest BCUT2D eigenvalue weighted by molar-refractivity contribution is 5.64. The minimum Gasteiger partial charge on any atom is -0.476 e. The van der Waals surface area contributed by atoms with Gasteiger partial charge in [-0.3, -0.25) is 0 Å². The smallest absolute Gasteiger partial charge is 0.242 e. The molecule has 0 aliphatic heterocycles. The van der Waals surface area contributed by atoms with Crippen molar-refractivity contribution in [2.24, 2.45) is 0 Å². The highest BCUT2D eigenvalue weighted by Gasteiger charge is 2.09. The summed E-state index contributed by atoms with van der Waals surface area (Å²) in [6.45, 7) is 4.67. The Morgan fingerprint density at radius 2 is 1.93 bits per heavy atom. The molecule has 5 nitrogen and oxygen atoms in total. The molecule has 1 aromatic rings. The van der Waals surface area contributed by atoms with Crippen molar-refractivity contribution in [3.63, 3.8) is 0 Å². The third-order valence-corrected chi connectivity index (χ3v) is 2.04. The molecular formula is C10H18N4O. The van der Waals surface area contributed by atoms with Crippen molar-refractivity contribution >= 4 is 11.5 Å². The maximum absolute atomic E-state index is 5.71. The molecule has 0 bridgehead atoms. The topological polar surface area (TPSA) is 87.0 Å². The van der Waals surface area contributed by atoms with E-state index in [0.717, 1.165) is 12.8 Å². The molecule has 5 heteroatoms. The number of aryl methyl sites for hydroxylation is 1. The van der Waals surface area contributed by atoms with Gasteiger partial charge in [0.25, 0.3) is 0 Å². The number of anilines is 2. The molecule has 84 valence electrons. The molecule has 4 N–H and O–H groups in total. The number of nitrogen functional groups attached to an aromatic ring is 2. The Hall–Kier alpha value is -1.52. The van der Waals surface area contributed by atoms with Gasteiger partial charge in [-0.25, -0.2) is 4.98 Å². The maximum Gasteiger partial charge on any atom is 0.242 e. The fourth-order valence-corrected chi connectivity index (χ4v) is 1.09. The molecule has 0 fully saturated rings. The van der Waals surface area contributed by atoms with E-state index in [0.29, 0.717) is 36.2 Å². The zero-order valence-electron chi connectivity index (χ0n) is 9.29. The molecule has 0 aliphatic carbocycles. The summed E-state index contributed by atoms with van der Waals surface area (Å²) < 4.78 is 5.44. The van der Waals surface area contributed by atoms with Gasteiger partial charge in [0.15, 0.2) is 5.82 Å². The predicted octanol–water partition coefficient (Wildman–Crippen LogP) is 1.38. The molecule has 15 heavy (non-hydrogen) atoms. The number of ether oxygens (including phenoxy) is 1. The molecule has 0 atom stereocenters. The van der Waals surface area contributed by atoms with Gasteiger partial charge in [-0.1, -0.05) is 20.3 Å². The normalized spacial score (nSPS) is 10.3. The van der Waals surface area contributed by atoms with Crippen LogP contribution in [0, 0.1) is 0 Å². The highest BCUT2D eigenvalue weighted by Crippen LogP contribution is 2.23. The van der Waals surface area contributed by atoms with Crippen LogP contribution in [0.2, 0.25) is 0 Å². The van der Waals surface area contributed by atoms with E-state index in [9.17, 15) is 0 Å². The molecular weight excluding hydrogens is 192 g/mol. The van der Waals surface area contributed by atoms with Crippen molar-refractivity contribution in [1.82, 2.24) is 9.97 Å². The Morgan fingerprint density at radius 1 is 1.20 bits per heavy atom. The largest absolute Gasteiger partial charge is 0.476 e. The Bertz CT molecular complexity index is 327. The second-order valence-corrected chi connectivity index (χ2v) is 3.30. The second kappa shape index (κ2) is 5.38. The standard InChI is InChI=1S/C10H18N4O/c1-3-5-6-15-10-8(11)9(12)13-7(4-2)14-10/h3-6,11H2,1-2H3,(H2,12,13,14). The average molecular weight is 210 g/mol. The molecule has 0 spiro atoms. The van der Waals surface area contributed by atoms with Crippen molar-refractivity contribution in [3.05, 3.63) is 5.82 Å². The van der Waals surface area contributed by atoms with Crippen LogP contribution in [-0.4, -0.2) is 16.6 Å². The van der Waals surface area contributed by atoms with Crippen LogP contribution in [-0.2, 0) is 6.42 Å². The molecule has 0 aliphatic rings. The zero-order chi connectivity index (χ0) is 11.3. The van der Waals surface area contributed by atoms with E-state index in [1.165, 1.54) is 0 Å². The number of hydrogen-bond donors (Lipinski definition) is 2. The van der Waals surface area contributed by atoms with Crippen molar-refractivity contribution < 1.29 is 4.74 Å². The summed E-state index contributed by atoms with van der Waals surface area (Å²) in [5.41, 5.74) is 11.7. The van der Waals surface area contributed by atoms with Crippen molar-refractivity contribution in [1.29, 1.82) is 0 Å². The summed E-state index contributed by atoms with van der Waals surface area (Å²) in [6, 6.07) is 0. The van der Waals surface area contributed by atoms with Crippen LogP contribution in [0.5, 0.6) is 5.88 Å². The van der Waals surface area contributed by atoms with Gasteiger partial charge in [0.1, 0.15) is 11.5 Å². The molecule has 0 aromatic carbocycles. The minimum atomic E-state index is 0.299. The van der Waals surface area contributed by atoms with E-state index in [1.54, 1.807) is 0 Å². The Kier molecular flexibility index (Phi) is 4.15. The number of nitrogens with two attached hydrogens (primary N) is 2. The van der Waals surface area contributed by atoms with E-state index < -0.39 is 0 Å². The maximum atomic E-state index is 5.71. The van der Waals surface area contributed by atoms with Crippen LogP contribution in [0.3, 0.4) is 0 Å². The molecule has 0 amide bonds. The van der Waals surface area contributed by atoms with Crippen LogP contribution in [0.1, 0.15) is 32.5 Å². The first-order valence-corrected chi connectivity index (χ1v) is 5.23. The SMILES string of the molecule is CCCCOc1nc(CC)nc(N)c1N. The van der Waals surface area contributed by atoms with E-state index in [-0.39, 0.29) is 0 Å². The first-order chi connectivity index (χ1) is 7.19. The summed E-state index contributed by atoms with van der Waals surface area (Å²) in [7, 11) is 0. The van der Waals surface area contributed by atoms with Crippen molar-refractivity contribution in [2.75, 3.05) is 18.1 Å². The summed E-state index contributed by atoms with van der Waals surface area (Å²) in [4.78, 5) is 8.23. The zero-order valence-corrected chi connectivity index (χ0v) is 9.29. The number of nitrogens with zero attached hydrogens (tertiary/aromatic N) is 2. The molecule has 1 aromatic heterocycles. The van der Waals surface area contributed by atoms with Gasteiger partial charge >= 0.3 is 0 Å². The van der Waals surface area contributed by atoms with Crippen LogP contribution in [0.25, 0.3) is 0 Å². The summed E-state index contributed by atoms with van der Waals surface area (Å²) in [5.74, 6) is 1.37. The Labute approximate surface area is 89.9 Å². The van der Waals surface area contributed by atoms with E-state index in [1.807, 2.05) is 6.92 Å². The third-order valence-electron chi connectivity index (χ3n) is 2.04. The van der Waals surface area contributed by atoms with E-state index >= 15 is 0 Å². The number of aromatic nitrogens is 2. The van der Waals surface area contributed by atoms with Gasteiger partial charge < -0.3 is 16.2 Å². The number of rotatable bonds is 5. The van der Waals surface area contributed by atoms with Crippen LogP contribution < -0.4 is 16.2 Å². The van der Waals surface area contributed by atoms with Gasteiger partial charge in [0.2, 0.25) is 5.88 Å².